The van der Waals surface area contributed by atoms with Gasteiger partial charge in [-0.3, -0.25) is 4.90 Å². The first-order chi connectivity index (χ1) is 9.69. The molecule has 0 radical (unpaired) electrons. The normalized spacial score (nSPS) is 17.0. The zero-order valence-corrected chi connectivity index (χ0v) is 13.3. The number of nitrogens with zero attached hydrogens (tertiary/aromatic N) is 1. The van der Waals surface area contributed by atoms with Crippen LogP contribution in [0.5, 0.6) is 0 Å². The van der Waals surface area contributed by atoms with Gasteiger partial charge in [0.15, 0.2) is 0 Å². The third-order valence-corrected chi connectivity index (χ3v) is 4.00. The number of rotatable bonds is 6. The molecule has 1 heterocycles. The highest BCUT2D eigenvalue weighted by molar-refractivity contribution is 5.85. The number of halogens is 3. The fourth-order valence-corrected chi connectivity index (χ4v) is 2.78. The van der Waals surface area contributed by atoms with Crippen molar-refractivity contribution in [2.24, 2.45) is 5.92 Å². The van der Waals surface area contributed by atoms with E-state index >= 15 is 0 Å². The molecule has 1 N–H and O–H groups in total. The molecule has 1 aliphatic rings. The van der Waals surface area contributed by atoms with Crippen LogP contribution in [0, 0.1) is 5.92 Å². The van der Waals surface area contributed by atoms with Gasteiger partial charge in [0.05, 0.1) is 0 Å². The molecule has 0 bridgehead atoms. The number of nitrogens with one attached hydrogen (secondary N) is 1. The van der Waals surface area contributed by atoms with Crippen LogP contribution in [0.15, 0.2) is 24.3 Å². The molecule has 0 aliphatic carbocycles. The van der Waals surface area contributed by atoms with Crippen LogP contribution in [0.1, 0.15) is 37.3 Å². The molecule has 2 nitrogen and oxygen atoms in total. The van der Waals surface area contributed by atoms with Crippen LogP contribution in [-0.2, 0) is 6.54 Å². The predicted molar refractivity (Wildman–Crippen MR) is 85.2 cm³/mol. The van der Waals surface area contributed by atoms with E-state index in [1.165, 1.54) is 18.9 Å². The van der Waals surface area contributed by atoms with Gasteiger partial charge in [0.25, 0.3) is 6.43 Å². The maximum Gasteiger partial charge on any atom is 0.263 e. The highest BCUT2D eigenvalue weighted by Gasteiger charge is 2.19. The van der Waals surface area contributed by atoms with E-state index in [1.807, 2.05) is 6.07 Å². The lowest BCUT2D eigenvalue weighted by atomic mass is 9.96. The average molecular weight is 319 g/mol. The summed E-state index contributed by atoms with van der Waals surface area (Å²) in [5.41, 5.74) is 1.12. The van der Waals surface area contributed by atoms with E-state index in [4.69, 9.17) is 0 Å². The van der Waals surface area contributed by atoms with E-state index in [-0.39, 0.29) is 18.0 Å². The first-order valence-corrected chi connectivity index (χ1v) is 7.49. The van der Waals surface area contributed by atoms with Gasteiger partial charge in [-0.25, -0.2) is 8.78 Å². The van der Waals surface area contributed by atoms with Crippen LogP contribution in [0.3, 0.4) is 0 Å². The molecule has 1 aliphatic heterocycles. The lowest BCUT2D eigenvalue weighted by Crippen LogP contribution is -2.36. The third kappa shape index (κ3) is 5.89. The van der Waals surface area contributed by atoms with Gasteiger partial charge < -0.3 is 5.32 Å². The van der Waals surface area contributed by atoms with Gasteiger partial charge in [0, 0.05) is 12.1 Å². The second-order valence-corrected chi connectivity index (χ2v) is 5.57. The topological polar surface area (TPSA) is 15.3 Å². The SMILES string of the molecule is CCNCC1CCN(Cc2cccc(C(F)F)c2)CC1.Cl. The Morgan fingerprint density at radius 3 is 2.62 bits per heavy atom. The van der Waals surface area contributed by atoms with Crippen molar-refractivity contribution in [1.29, 1.82) is 0 Å². The quantitative estimate of drug-likeness (QED) is 0.856. The molecule has 2 rings (SSSR count). The fourth-order valence-electron chi connectivity index (χ4n) is 2.78. The van der Waals surface area contributed by atoms with Gasteiger partial charge in [0.2, 0.25) is 0 Å². The molecule has 1 aromatic carbocycles. The number of hydrogen-bond donors (Lipinski definition) is 1. The van der Waals surface area contributed by atoms with E-state index in [0.29, 0.717) is 0 Å². The van der Waals surface area contributed by atoms with E-state index in [2.05, 4.69) is 17.1 Å². The van der Waals surface area contributed by atoms with E-state index in [9.17, 15) is 8.78 Å². The summed E-state index contributed by atoms with van der Waals surface area (Å²) in [6.45, 7) is 7.18. The number of piperidine rings is 1. The predicted octanol–water partition coefficient (Wildman–Crippen LogP) is 3.87. The fraction of sp³-hybridized carbons (Fsp3) is 0.625. The molecule has 0 saturated carbocycles. The summed E-state index contributed by atoms with van der Waals surface area (Å²) in [4.78, 5) is 2.37. The van der Waals surface area contributed by atoms with Crippen molar-refractivity contribution < 1.29 is 8.78 Å². The summed E-state index contributed by atoms with van der Waals surface area (Å²) >= 11 is 0. The molecular formula is C16H25ClF2N2. The molecule has 0 spiro atoms. The smallest absolute Gasteiger partial charge is 0.263 e. The summed E-state index contributed by atoms with van der Waals surface area (Å²) in [7, 11) is 0. The lowest BCUT2D eigenvalue weighted by molar-refractivity contribution is 0.150. The minimum absolute atomic E-state index is 0. The first kappa shape index (κ1) is 18.3. The number of benzene rings is 1. The van der Waals surface area contributed by atoms with Crippen molar-refractivity contribution in [3.8, 4) is 0 Å². The molecule has 1 saturated heterocycles. The molecule has 1 fully saturated rings. The number of likely N-dealkylation sites (tertiary alicyclic amines) is 1. The van der Waals surface area contributed by atoms with E-state index < -0.39 is 6.43 Å². The second-order valence-electron chi connectivity index (χ2n) is 5.57. The minimum atomic E-state index is -2.37. The standard InChI is InChI=1S/C16H24F2N2.ClH/c1-2-19-11-13-6-8-20(9-7-13)12-14-4-3-5-15(10-14)16(17)18;/h3-5,10,13,16,19H,2,6-9,11-12H2,1H3;1H. The molecule has 0 atom stereocenters. The molecule has 0 amide bonds. The maximum absolute atomic E-state index is 12.7. The van der Waals surface area contributed by atoms with Crippen molar-refractivity contribution >= 4 is 12.4 Å². The summed E-state index contributed by atoms with van der Waals surface area (Å²) in [5.74, 6) is 0.763. The number of alkyl halides is 2. The Hall–Kier alpha value is -0.710. The Morgan fingerprint density at radius 1 is 1.29 bits per heavy atom. The molecule has 5 heteroatoms. The van der Waals surface area contributed by atoms with Crippen LogP contribution in [0.2, 0.25) is 0 Å². The lowest BCUT2D eigenvalue weighted by Gasteiger charge is -2.32. The zero-order valence-electron chi connectivity index (χ0n) is 12.5. The van der Waals surface area contributed by atoms with Gasteiger partial charge >= 0.3 is 0 Å². The van der Waals surface area contributed by atoms with Crippen LogP contribution < -0.4 is 5.32 Å². The van der Waals surface area contributed by atoms with Gasteiger partial charge in [-0.15, -0.1) is 12.4 Å². The van der Waals surface area contributed by atoms with Crippen LogP contribution in [-0.4, -0.2) is 31.1 Å². The molecular weight excluding hydrogens is 294 g/mol. The average Bonchev–Trinajstić information content (AvgIpc) is 2.47. The third-order valence-electron chi connectivity index (χ3n) is 4.00. The van der Waals surface area contributed by atoms with Crippen molar-refractivity contribution in [1.82, 2.24) is 10.2 Å². The minimum Gasteiger partial charge on any atom is -0.317 e. The van der Waals surface area contributed by atoms with E-state index in [1.54, 1.807) is 12.1 Å². The highest BCUT2D eigenvalue weighted by Crippen LogP contribution is 2.22. The maximum atomic E-state index is 12.7. The van der Waals surface area contributed by atoms with Crippen molar-refractivity contribution in [3.63, 3.8) is 0 Å². The van der Waals surface area contributed by atoms with Crippen LogP contribution in [0.4, 0.5) is 8.78 Å². The summed E-state index contributed by atoms with van der Waals surface area (Å²) in [6, 6.07) is 6.80. The monoisotopic (exact) mass is 318 g/mol. The van der Waals surface area contributed by atoms with Crippen molar-refractivity contribution in [2.75, 3.05) is 26.2 Å². The molecule has 0 unspecified atom stereocenters. The molecule has 21 heavy (non-hydrogen) atoms. The Balaban J connectivity index is 0.00000220. The number of hydrogen-bond acceptors (Lipinski definition) is 2. The van der Waals surface area contributed by atoms with Crippen molar-refractivity contribution in [3.05, 3.63) is 35.4 Å². The summed E-state index contributed by atoms with van der Waals surface area (Å²) in [5, 5.41) is 3.40. The molecule has 1 aromatic rings. The van der Waals surface area contributed by atoms with Crippen LogP contribution in [0.25, 0.3) is 0 Å². The van der Waals surface area contributed by atoms with Gasteiger partial charge in [-0.2, -0.15) is 0 Å². The first-order valence-electron chi connectivity index (χ1n) is 7.49. The van der Waals surface area contributed by atoms with Gasteiger partial charge in [0.1, 0.15) is 0 Å². The van der Waals surface area contributed by atoms with Crippen LogP contribution >= 0.6 is 12.4 Å². The molecule has 120 valence electrons. The molecule has 0 aromatic heterocycles. The summed E-state index contributed by atoms with van der Waals surface area (Å²) < 4.78 is 25.3. The van der Waals surface area contributed by atoms with Gasteiger partial charge in [-0.1, -0.05) is 25.1 Å². The second kappa shape index (κ2) is 9.34. The Bertz CT molecular complexity index is 407. The Morgan fingerprint density at radius 2 is 2.00 bits per heavy atom. The largest absolute Gasteiger partial charge is 0.317 e. The Kier molecular flexibility index (Phi) is 8.15. The Labute approximate surface area is 132 Å². The summed E-state index contributed by atoms with van der Waals surface area (Å²) in [6.07, 6.45) is 0.0177. The zero-order chi connectivity index (χ0) is 14.4. The van der Waals surface area contributed by atoms with Crippen molar-refractivity contribution in [2.45, 2.75) is 32.7 Å². The van der Waals surface area contributed by atoms with E-state index in [0.717, 1.165) is 44.2 Å². The van der Waals surface area contributed by atoms with Gasteiger partial charge in [-0.05, 0) is 56.6 Å². The highest BCUT2D eigenvalue weighted by atomic mass is 35.5.